The van der Waals surface area contributed by atoms with E-state index < -0.39 is 86.9 Å². The maximum Gasteiger partial charge on any atom is 0.328 e. The molecule has 0 aliphatic heterocycles. The number of ketones is 2. The lowest BCUT2D eigenvalue weighted by atomic mass is 9.55. The van der Waals surface area contributed by atoms with Crippen molar-refractivity contribution in [1.82, 2.24) is 4.90 Å². The van der Waals surface area contributed by atoms with E-state index in [1.54, 1.807) is 0 Å². The fourth-order valence-corrected chi connectivity index (χ4v) is 5.65. The van der Waals surface area contributed by atoms with Crippen LogP contribution in [0.5, 0.6) is 5.75 Å². The SMILES string of the molecule is CN(C)[C@@H]1C(O)=C(C(N)=O)C(=O)[C@@]2(O)C(O)=C3C(=O)c4c(O)cccc4[C@@](C)(O)[C@H]3C[C@@H]12.O=C(O)/C=C/C(=O)O. The summed E-state index contributed by atoms with van der Waals surface area (Å²) in [4.78, 5) is 59.0. The third-order valence-corrected chi connectivity index (χ3v) is 7.39. The van der Waals surface area contributed by atoms with Gasteiger partial charge in [-0.25, -0.2) is 9.59 Å². The van der Waals surface area contributed by atoms with Crippen molar-refractivity contribution >= 4 is 29.4 Å². The first-order valence-corrected chi connectivity index (χ1v) is 11.7. The average Bonchev–Trinajstić information content (AvgIpc) is 2.83. The Bertz CT molecular complexity index is 1400. The number of likely N-dealkylation sites (N-methyl/N-ethyl adjacent to an activating group) is 1. The van der Waals surface area contributed by atoms with Gasteiger partial charge in [0.25, 0.3) is 5.91 Å². The molecule has 40 heavy (non-hydrogen) atoms. The number of carboxylic acids is 2. The highest BCUT2D eigenvalue weighted by atomic mass is 16.4. The number of carbonyl (C=O) groups excluding carboxylic acids is 3. The normalized spacial score (nSPS) is 29.4. The number of phenols is 1. The minimum absolute atomic E-state index is 0.135. The van der Waals surface area contributed by atoms with E-state index >= 15 is 0 Å². The molecule has 3 aliphatic carbocycles. The van der Waals surface area contributed by atoms with Gasteiger partial charge in [-0.3, -0.25) is 19.3 Å². The Morgan fingerprint density at radius 1 is 1.02 bits per heavy atom. The summed E-state index contributed by atoms with van der Waals surface area (Å²) < 4.78 is 0. The maximum atomic E-state index is 13.3. The first kappa shape index (κ1) is 30.0. The number of nitrogens with zero attached hydrogens (tertiary/aromatic N) is 1. The van der Waals surface area contributed by atoms with E-state index in [1.807, 2.05) is 0 Å². The molecule has 0 unspecified atom stereocenters. The molecule has 0 spiro atoms. The Hall–Kier alpha value is -4.53. The first-order valence-electron chi connectivity index (χ1n) is 11.7. The molecule has 0 saturated heterocycles. The van der Waals surface area contributed by atoms with E-state index in [4.69, 9.17) is 15.9 Å². The van der Waals surface area contributed by atoms with Gasteiger partial charge in [-0.2, -0.15) is 0 Å². The van der Waals surface area contributed by atoms with Crippen LogP contribution >= 0.6 is 0 Å². The van der Waals surface area contributed by atoms with E-state index in [0.29, 0.717) is 12.2 Å². The summed E-state index contributed by atoms with van der Waals surface area (Å²) in [5, 5.41) is 70.7. The molecule has 9 N–H and O–H groups in total. The molecule has 0 fully saturated rings. The minimum atomic E-state index is -2.75. The molecule has 0 radical (unpaired) electrons. The van der Waals surface area contributed by atoms with Gasteiger partial charge >= 0.3 is 11.9 Å². The molecular formula is C26H28N2O12. The average molecular weight is 561 g/mol. The van der Waals surface area contributed by atoms with Gasteiger partial charge in [0.05, 0.1) is 17.2 Å². The second-order valence-electron chi connectivity index (χ2n) is 9.97. The Morgan fingerprint density at radius 2 is 1.57 bits per heavy atom. The summed E-state index contributed by atoms with van der Waals surface area (Å²) in [6, 6.07) is 3.05. The molecule has 1 amide bonds. The molecule has 5 atom stereocenters. The summed E-state index contributed by atoms with van der Waals surface area (Å²) in [6.07, 6.45) is 0.916. The number of phenolic OH excluding ortho intramolecular Hbond substituents is 1. The number of carbonyl (C=O) groups is 5. The molecule has 14 heteroatoms. The number of carboxylic acid groups (broad SMARTS) is 2. The molecule has 14 nitrogen and oxygen atoms in total. The van der Waals surface area contributed by atoms with Gasteiger partial charge in [-0.1, -0.05) is 12.1 Å². The first-order chi connectivity index (χ1) is 18.4. The number of aromatic hydroxyl groups is 1. The minimum Gasteiger partial charge on any atom is -0.510 e. The van der Waals surface area contributed by atoms with Crippen LogP contribution in [-0.2, 0) is 24.8 Å². The van der Waals surface area contributed by atoms with Gasteiger partial charge in [0.1, 0.15) is 22.8 Å². The van der Waals surface area contributed by atoms with E-state index in [2.05, 4.69) is 0 Å². The van der Waals surface area contributed by atoms with E-state index in [0.717, 1.165) is 0 Å². The van der Waals surface area contributed by atoms with Crippen LogP contribution in [0.2, 0.25) is 0 Å². The predicted molar refractivity (Wildman–Crippen MR) is 134 cm³/mol. The lowest BCUT2D eigenvalue weighted by Crippen LogP contribution is -2.65. The lowest BCUT2D eigenvalue weighted by molar-refractivity contribution is -0.152. The van der Waals surface area contributed by atoms with Crippen molar-refractivity contribution < 1.29 is 59.7 Å². The number of rotatable bonds is 4. The van der Waals surface area contributed by atoms with Crippen molar-refractivity contribution in [1.29, 1.82) is 0 Å². The number of Topliss-reactive ketones (excluding diaryl/α,β-unsaturated/α-hetero) is 2. The zero-order valence-electron chi connectivity index (χ0n) is 21.5. The number of benzene rings is 1. The monoisotopic (exact) mass is 560 g/mol. The molecule has 4 rings (SSSR count). The molecule has 0 heterocycles. The van der Waals surface area contributed by atoms with Crippen LogP contribution in [0.15, 0.2) is 53.0 Å². The molecule has 0 bridgehead atoms. The highest BCUT2D eigenvalue weighted by Gasteiger charge is 2.65. The van der Waals surface area contributed by atoms with Crippen molar-refractivity contribution in [2.45, 2.75) is 30.6 Å². The summed E-state index contributed by atoms with van der Waals surface area (Å²) in [5.74, 6) is -10.4. The second-order valence-corrected chi connectivity index (χ2v) is 9.97. The Kier molecular flexibility index (Phi) is 7.67. The summed E-state index contributed by atoms with van der Waals surface area (Å²) in [6.45, 7) is 1.40. The molecular weight excluding hydrogens is 532 g/mol. The number of amides is 1. The largest absolute Gasteiger partial charge is 0.510 e. The van der Waals surface area contributed by atoms with Crippen molar-refractivity contribution in [2.75, 3.05) is 14.1 Å². The second kappa shape index (κ2) is 10.2. The number of hydrogen-bond acceptors (Lipinski definition) is 11. The van der Waals surface area contributed by atoms with Gasteiger partial charge in [-0.15, -0.1) is 0 Å². The summed E-state index contributed by atoms with van der Waals surface area (Å²) >= 11 is 0. The number of primary amides is 1. The number of aliphatic hydroxyl groups excluding tert-OH is 2. The van der Waals surface area contributed by atoms with E-state index in [-0.39, 0.29) is 17.5 Å². The van der Waals surface area contributed by atoms with Crippen LogP contribution < -0.4 is 5.73 Å². The number of aliphatic hydroxyl groups is 4. The third kappa shape index (κ3) is 4.51. The van der Waals surface area contributed by atoms with Crippen LogP contribution in [-0.4, -0.2) is 95.8 Å². The van der Waals surface area contributed by atoms with Gasteiger partial charge in [-0.05, 0) is 39.1 Å². The van der Waals surface area contributed by atoms with Crippen molar-refractivity contribution in [3.05, 3.63) is 64.1 Å². The number of aliphatic carboxylic acids is 2. The molecule has 0 aromatic heterocycles. The smallest absolute Gasteiger partial charge is 0.328 e. The highest BCUT2D eigenvalue weighted by molar-refractivity contribution is 6.24. The fraction of sp³-hybridized carbons (Fsp3) is 0.346. The van der Waals surface area contributed by atoms with Gasteiger partial charge in [0.15, 0.2) is 11.4 Å². The van der Waals surface area contributed by atoms with Crippen LogP contribution in [0.25, 0.3) is 0 Å². The van der Waals surface area contributed by atoms with E-state index in [1.165, 1.54) is 44.1 Å². The van der Waals surface area contributed by atoms with Crippen molar-refractivity contribution in [3.63, 3.8) is 0 Å². The summed E-state index contributed by atoms with van der Waals surface area (Å²) in [7, 11) is 3.06. The molecule has 1 aromatic carbocycles. The quantitative estimate of drug-likeness (QED) is 0.171. The lowest BCUT2D eigenvalue weighted by Gasteiger charge is -2.52. The fourth-order valence-electron chi connectivity index (χ4n) is 5.65. The standard InChI is InChI=1S/C22H24N2O8.C4H4O4/c1-21(31)8-5-4-6-11(25)12(8)16(26)13-9(21)7-10-15(24(2)3)17(27)14(20(23)30)19(29)22(10,32)18(13)28;5-3(6)1-2-4(7)8/h4-6,9-10,15,25,27-28,31-32H,7H2,1-3H3,(H2,23,30);1-2H,(H,5,6)(H,7,8)/b;2-1+/t9-,10-,15-,21+,22-;/m0./s1. The van der Waals surface area contributed by atoms with Crippen molar-refractivity contribution in [2.24, 2.45) is 17.6 Å². The third-order valence-electron chi connectivity index (χ3n) is 7.39. The maximum absolute atomic E-state index is 13.3. The van der Waals surface area contributed by atoms with Gasteiger partial charge in [0, 0.05) is 29.6 Å². The Balaban J connectivity index is 0.000000482. The van der Waals surface area contributed by atoms with Gasteiger partial charge in [0.2, 0.25) is 5.78 Å². The topological polar surface area (TPSA) is 256 Å². The molecule has 0 saturated carbocycles. The number of nitrogens with two attached hydrogens (primary N) is 1. The predicted octanol–water partition coefficient (Wildman–Crippen LogP) is -0.503. The zero-order chi connectivity index (χ0) is 30.5. The number of fused-ring (bicyclic) bond motifs is 3. The highest BCUT2D eigenvalue weighted by Crippen LogP contribution is 2.56. The van der Waals surface area contributed by atoms with E-state index in [9.17, 15) is 49.5 Å². The van der Waals surface area contributed by atoms with Crippen LogP contribution in [0.3, 0.4) is 0 Å². The molecule has 3 aliphatic rings. The van der Waals surface area contributed by atoms with Crippen molar-refractivity contribution in [3.8, 4) is 5.75 Å². The zero-order valence-corrected chi connectivity index (χ0v) is 21.5. The van der Waals surface area contributed by atoms with Gasteiger partial charge < -0.3 is 41.5 Å². The number of hydrogen-bond donors (Lipinski definition) is 8. The molecule has 214 valence electrons. The Labute approximate surface area is 226 Å². The summed E-state index contributed by atoms with van der Waals surface area (Å²) in [5.41, 5.74) is -0.654. The van der Waals surface area contributed by atoms with Crippen LogP contribution in [0.4, 0.5) is 0 Å². The molecule has 1 aromatic rings. The van der Waals surface area contributed by atoms with Crippen LogP contribution in [0, 0.1) is 11.8 Å². The Morgan fingerprint density at radius 3 is 2.05 bits per heavy atom. The van der Waals surface area contributed by atoms with Crippen LogP contribution in [0.1, 0.15) is 29.3 Å².